The molecule has 0 bridgehead atoms. The molecule has 3 heterocycles. The van der Waals surface area contributed by atoms with E-state index in [2.05, 4.69) is 38.7 Å². The zero-order valence-corrected chi connectivity index (χ0v) is 18.7. The third-order valence-corrected chi connectivity index (χ3v) is 4.92. The summed E-state index contributed by atoms with van der Waals surface area (Å²) in [6.07, 6.45) is 8.42. The zero-order chi connectivity index (χ0) is 23.3. The Balaban J connectivity index is 2.01. The van der Waals surface area contributed by atoms with E-state index in [1.165, 1.54) is 18.5 Å². The van der Waals surface area contributed by atoms with Crippen LogP contribution in [0.5, 0.6) is 0 Å². The molecule has 9 heteroatoms. The molecule has 0 unspecified atom stereocenters. The van der Waals surface area contributed by atoms with Crippen LogP contribution in [0.1, 0.15) is 25.8 Å². The molecule has 3 aromatic rings. The van der Waals surface area contributed by atoms with Gasteiger partial charge in [-0.05, 0) is 24.6 Å². The smallest absolute Gasteiger partial charge is 0.272 e. The Morgan fingerprint density at radius 3 is 2.56 bits per heavy atom. The van der Waals surface area contributed by atoms with Crippen LogP contribution >= 0.6 is 0 Å². The highest BCUT2D eigenvalue weighted by molar-refractivity contribution is 5.74. The summed E-state index contributed by atoms with van der Waals surface area (Å²) < 4.78 is 27.6. The number of nitrogens with zero attached hydrogens (tertiary/aromatic N) is 6. The molecular weight excluding hydrogens is 412 g/mol. The van der Waals surface area contributed by atoms with Crippen LogP contribution in [-0.2, 0) is 5.92 Å². The standard InChI is InChI=1S/C23H27F2N7/c1-6-11-31(4)20-8-7-19(17-12-18(14-27-13-17)23(3,24)25)30-22(20)32(5)16(2)29-21-15-26-9-10-28-21/h7-10,12-15H,2,6,11H2,1,3-5H3,(H,28,29). The van der Waals surface area contributed by atoms with Crippen molar-refractivity contribution >= 4 is 17.3 Å². The van der Waals surface area contributed by atoms with E-state index in [1.54, 1.807) is 23.5 Å². The van der Waals surface area contributed by atoms with Gasteiger partial charge in [-0.25, -0.2) is 18.7 Å². The molecule has 0 saturated carbocycles. The summed E-state index contributed by atoms with van der Waals surface area (Å²) in [7, 11) is 3.81. The van der Waals surface area contributed by atoms with Crippen molar-refractivity contribution < 1.29 is 8.78 Å². The Labute approximate surface area is 186 Å². The van der Waals surface area contributed by atoms with Crippen LogP contribution in [0.15, 0.2) is 61.6 Å². The topological polar surface area (TPSA) is 70.1 Å². The van der Waals surface area contributed by atoms with Gasteiger partial charge >= 0.3 is 0 Å². The van der Waals surface area contributed by atoms with E-state index >= 15 is 0 Å². The van der Waals surface area contributed by atoms with Gasteiger partial charge in [0.25, 0.3) is 5.92 Å². The third kappa shape index (κ3) is 5.35. The lowest BCUT2D eigenvalue weighted by Crippen LogP contribution is -2.27. The van der Waals surface area contributed by atoms with Crippen molar-refractivity contribution in [3.63, 3.8) is 0 Å². The average molecular weight is 440 g/mol. The monoisotopic (exact) mass is 439 g/mol. The van der Waals surface area contributed by atoms with Crippen LogP contribution in [0.4, 0.5) is 26.1 Å². The van der Waals surface area contributed by atoms with E-state index in [4.69, 9.17) is 4.98 Å². The number of nitrogens with one attached hydrogen (secondary N) is 1. The molecule has 0 amide bonds. The number of halogens is 2. The molecular formula is C23H27F2N7. The summed E-state index contributed by atoms with van der Waals surface area (Å²) in [6.45, 7) is 7.87. The fraction of sp³-hybridized carbons (Fsp3) is 0.304. The zero-order valence-electron chi connectivity index (χ0n) is 18.7. The van der Waals surface area contributed by atoms with Gasteiger partial charge in [-0.2, -0.15) is 0 Å². The molecule has 7 nitrogen and oxygen atoms in total. The molecule has 0 radical (unpaired) electrons. The maximum Gasteiger partial charge on any atom is 0.272 e. The Bertz CT molecular complexity index is 1070. The molecule has 0 spiro atoms. The number of anilines is 3. The van der Waals surface area contributed by atoms with E-state index in [0.29, 0.717) is 28.7 Å². The van der Waals surface area contributed by atoms with Gasteiger partial charge in [0.05, 0.1) is 17.6 Å². The van der Waals surface area contributed by atoms with E-state index in [0.717, 1.165) is 25.6 Å². The lowest BCUT2D eigenvalue weighted by Gasteiger charge is -2.28. The molecule has 1 N–H and O–H groups in total. The van der Waals surface area contributed by atoms with Gasteiger partial charge in [-0.3, -0.25) is 9.97 Å². The summed E-state index contributed by atoms with van der Waals surface area (Å²) in [6, 6.07) is 5.16. The minimum absolute atomic E-state index is 0.160. The quantitative estimate of drug-likeness (QED) is 0.508. The second-order valence-electron chi connectivity index (χ2n) is 7.53. The first-order valence-corrected chi connectivity index (χ1v) is 10.2. The van der Waals surface area contributed by atoms with Crippen molar-refractivity contribution in [3.05, 3.63) is 67.1 Å². The summed E-state index contributed by atoms with van der Waals surface area (Å²) in [5.41, 5.74) is 1.76. The molecule has 0 fully saturated rings. The van der Waals surface area contributed by atoms with Gasteiger partial charge in [0.15, 0.2) is 5.82 Å². The molecule has 0 aliphatic heterocycles. The second kappa shape index (κ2) is 9.67. The maximum atomic E-state index is 13.8. The van der Waals surface area contributed by atoms with Crippen LogP contribution in [0, 0.1) is 0 Å². The molecule has 168 valence electrons. The molecule has 0 saturated heterocycles. The van der Waals surface area contributed by atoms with Gasteiger partial charge in [0.1, 0.15) is 11.6 Å². The predicted molar refractivity (Wildman–Crippen MR) is 124 cm³/mol. The second-order valence-corrected chi connectivity index (χ2v) is 7.53. The minimum Gasteiger partial charge on any atom is -0.372 e. The van der Waals surface area contributed by atoms with Crippen LogP contribution < -0.4 is 15.1 Å². The number of alkyl halides is 2. The normalized spacial score (nSPS) is 11.2. The van der Waals surface area contributed by atoms with E-state index in [9.17, 15) is 8.78 Å². The van der Waals surface area contributed by atoms with Crippen LogP contribution in [0.3, 0.4) is 0 Å². The van der Waals surface area contributed by atoms with Crippen molar-refractivity contribution in [1.82, 2.24) is 19.9 Å². The fourth-order valence-corrected chi connectivity index (χ4v) is 3.15. The highest BCUT2D eigenvalue weighted by atomic mass is 19.3. The van der Waals surface area contributed by atoms with Gasteiger partial charge in [-0.1, -0.05) is 13.5 Å². The van der Waals surface area contributed by atoms with Crippen molar-refractivity contribution in [2.24, 2.45) is 0 Å². The van der Waals surface area contributed by atoms with Crippen molar-refractivity contribution in [3.8, 4) is 11.3 Å². The molecule has 32 heavy (non-hydrogen) atoms. The Morgan fingerprint density at radius 2 is 1.91 bits per heavy atom. The first-order chi connectivity index (χ1) is 15.2. The van der Waals surface area contributed by atoms with E-state index in [1.807, 2.05) is 26.2 Å². The van der Waals surface area contributed by atoms with Crippen molar-refractivity contribution in [1.29, 1.82) is 0 Å². The van der Waals surface area contributed by atoms with Gasteiger partial charge in [0, 0.05) is 63.5 Å². The van der Waals surface area contributed by atoms with Gasteiger partial charge in [-0.15, -0.1) is 0 Å². The summed E-state index contributed by atoms with van der Waals surface area (Å²) in [5.74, 6) is -1.29. The Hall–Kier alpha value is -3.62. The third-order valence-electron chi connectivity index (χ3n) is 4.92. The lowest BCUT2D eigenvalue weighted by molar-refractivity contribution is 0.0171. The predicted octanol–water partition coefficient (Wildman–Crippen LogP) is 4.91. The summed E-state index contributed by atoms with van der Waals surface area (Å²) >= 11 is 0. The highest BCUT2D eigenvalue weighted by Crippen LogP contribution is 2.33. The fourth-order valence-electron chi connectivity index (χ4n) is 3.15. The minimum atomic E-state index is -2.99. The molecule has 0 atom stereocenters. The maximum absolute atomic E-state index is 13.8. The number of rotatable bonds is 9. The summed E-state index contributed by atoms with van der Waals surface area (Å²) in [4.78, 5) is 20.9. The Morgan fingerprint density at radius 1 is 1.12 bits per heavy atom. The van der Waals surface area contributed by atoms with E-state index < -0.39 is 5.92 Å². The number of hydrogen-bond donors (Lipinski definition) is 1. The lowest BCUT2D eigenvalue weighted by atomic mass is 10.1. The van der Waals surface area contributed by atoms with Crippen molar-refractivity contribution in [2.45, 2.75) is 26.2 Å². The average Bonchev–Trinajstić information content (AvgIpc) is 2.78. The Kier molecular flexibility index (Phi) is 6.97. The van der Waals surface area contributed by atoms with Crippen molar-refractivity contribution in [2.75, 3.05) is 35.8 Å². The molecule has 0 aliphatic carbocycles. The largest absolute Gasteiger partial charge is 0.372 e. The first kappa shape index (κ1) is 23.1. The van der Waals surface area contributed by atoms with E-state index in [-0.39, 0.29) is 5.56 Å². The molecule has 3 aromatic heterocycles. The van der Waals surface area contributed by atoms with Crippen LogP contribution in [-0.4, -0.2) is 40.6 Å². The van der Waals surface area contributed by atoms with Crippen LogP contribution in [0.2, 0.25) is 0 Å². The summed E-state index contributed by atoms with van der Waals surface area (Å²) in [5, 5.41) is 3.11. The van der Waals surface area contributed by atoms with Crippen LogP contribution in [0.25, 0.3) is 11.3 Å². The van der Waals surface area contributed by atoms with Gasteiger partial charge in [0.2, 0.25) is 0 Å². The highest BCUT2D eigenvalue weighted by Gasteiger charge is 2.25. The number of pyridine rings is 2. The molecule has 0 aromatic carbocycles. The number of hydrogen-bond acceptors (Lipinski definition) is 7. The van der Waals surface area contributed by atoms with Gasteiger partial charge < -0.3 is 15.1 Å². The molecule has 0 aliphatic rings. The first-order valence-electron chi connectivity index (χ1n) is 10.2. The molecule has 3 rings (SSSR count). The SMILES string of the molecule is C=C(Nc1cnccn1)N(C)c1nc(-c2cncc(C(C)(F)F)c2)ccc1N(C)CCC. The number of aromatic nitrogens is 4.